The Morgan fingerprint density at radius 2 is 1.70 bits per heavy atom. The van der Waals surface area contributed by atoms with Crippen molar-refractivity contribution in [3.63, 3.8) is 0 Å². The van der Waals surface area contributed by atoms with Crippen molar-refractivity contribution in [2.45, 2.75) is 46.7 Å². The molecule has 0 radical (unpaired) electrons. The maximum Gasteiger partial charge on any atom is 0.234 e. The molecule has 0 spiro atoms. The van der Waals surface area contributed by atoms with Crippen LogP contribution >= 0.6 is 0 Å². The van der Waals surface area contributed by atoms with Gasteiger partial charge in [0, 0.05) is 12.6 Å². The molecule has 0 heterocycles. The molecule has 118 valence electrons. The van der Waals surface area contributed by atoms with Gasteiger partial charge in [0.2, 0.25) is 5.91 Å². The van der Waals surface area contributed by atoms with Crippen LogP contribution in [-0.4, -0.2) is 67.3 Å². The van der Waals surface area contributed by atoms with Crippen LogP contribution in [0.1, 0.15) is 34.6 Å². The fourth-order valence-corrected chi connectivity index (χ4v) is 2.36. The number of nitrogens with zero attached hydrogens (tertiary/aromatic N) is 2. The molecule has 5 heteroatoms. The van der Waals surface area contributed by atoms with Crippen molar-refractivity contribution in [1.82, 2.24) is 15.1 Å². The van der Waals surface area contributed by atoms with Gasteiger partial charge in [-0.25, -0.2) is 0 Å². The summed E-state index contributed by atoms with van der Waals surface area (Å²) < 4.78 is 0. The third kappa shape index (κ3) is 7.01. The fourth-order valence-electron chi connectivity index (χ4n) is 2.36. The van der Waals surface area contributed by atoms with Crippen molar-refractivity contribution in [1.29, 1.82) is 0 Å². The first kappa shape index (κ1) is 19.1. The van der Waals surface area contributed by atoms with E-state index in [-0.39, 0.29) is 23.7 Å². The summed E-state index contributed by atoms with van der Waals surface area (Å²) in [5, 5.41) is 2.85. The van der Waals surface area contributed by atoms with E-state index in [1.54, 1.807) is 0 Å². The highest BCUT2D eigenvalue weighted by atomic mass is 16.2. The van der Waals surface area contributed by atoms with Crippen LogP contribution in [0.3, 0.4) is 0 Å². The second-order valence-corrected chi connectivity index (χ2v) is 6.07. The van der Waals surface area contributed by atoms with Gasteiger partial charge in [-0.2, -0.15) is 0 Å². The SMILES string of the molecule is CCN(CC(=O)NC(C(C)=O)C(C)C)C(C)CN(C)C. The molecule has 0 saturated heterocycles. The number of hydrogen-bond acceptors (Lipinski definition) is 4. The molecule has 0 aliphatic carbocycles. The van der Waals surface area contributed by atoms with Gasteiger partial charge in [-0.3, -0.25) is 14.5 Å². The maximum atomic E-state index is 12.1. The molecular formula is C15H31N3O2. The molecule has 0 saturated carbocycles. The summed E-state index contributed by atoms with van der Waals surface area (Å²) in [6.45, 7) is 11.6. The number of carbonyl (C=O) groups excluding carboxylic acids is 2. The van der Waals surface area contributed by atoms with E-state index in [0.717, 1.165) is 13.1 Å². The molecule has 0 fully saturated rings. The largest absolute Gasteiger partial charge is 0.345 e. The zero-order valence-electron chi connectivity index (χ0n) is 14.1. The van der Waals surface area contributed by atoms with E-state index >= 15 is 0 Å². The lowest BCUT2D eigenvalue weighted by Gasteiger charge is -2.30. The van der Waals surface area contributed by atoms with Crippen molar-refractivity contribution < 1.29 is 9.59 Å². The highest BCUT2D eigenvalue weighted by molar-refractivity contribution is 5.88. The Morgan fingerprint density at radius 1 is 1.15 bits per heavy atom. The summed E-state index contributed by atoms with van der Waals surface area (Å²) in [7, 11) is 4.05. The van der Waals surface area contributed by atoms with E-state index in [0.29, 0.717) is 12.6 Å². The molecule has 20 heavy (non-hydrogen) atoms. The summed E-state index contributed by atoms with van der Waals surface area (Å²) in [6.07, 6.45) is 0. The predicted molar refractivity (Wildman–Crippen MR) is 82.7 cm³/mol. The third-order valence-corrected chi connectivity index (χ3v) is 3.43. The normalized spacial score (nSPS) is 14.7. The summed E-state index contributed by atoms with van der Waals surface area (Å²) in [5.41, 5.74) is 0. The zero-order chi connectivity index (χ0) is 15.9. The van der Waals surface area contributed by atoms with Crippen LogP contribution in [0.4, 0.5) is 0 Å². The van der Waals surface area contributed by atoms with Gasteiger partial charge in [0.05, 0.1) is 12.6 Å². The molecule has 0 aromatic rings. The Bertz CT molecular complexity index is 316. The van der Waals surface area contributed by atoms with Crippen molar-refractivity contribution in [3.8, 4) is 0 Å². The molecule has 1 amide bonds. The fraction of sp³-hybridized carbons (Fsp3) is 0.867. The van der Waals surface area contributed by atoms with Gasteiger partial charge in [-0.1, -0.05) is 20.8 Å². The van der Waals surface area contributed by atoms with Crippen molar-refractivity contribution >= 4 is 11.7 Å². The second-order valence-electron chi connectivity index (χ2n) is 6.07. The van der Waals surface area contributed by atoms with Crippen molar-refractivity contribution in [2.24, 2.45) is 5.92 Å². The maximum absolute atomic E-state index is 12.1. The summed E-state index contributed by atoms with van der Waals surface area (Å²) >= 11 is 0. The monoisotopic (exact) mass is 285 g/mol. The first-order valence-corrected chi connectivity index (χ1v) is 7.37. The lowest BCUT2D eigenvalue weighted by Crippen LogP contribution is -2.50. The van der Waals surface area contributed by atoms with Crippen LogP contribution in [0.5, 0.6) is 0 Å². The molecular weight excluding hydrogens is 254 g/mol. The number of nitrogens with one attached hydrogen (secondary N) is 1. The van der Waals surface area contributed by atoms with Crippen LogP contribution in [-0.2, 0) is 9.59 Å². The second kappa shape index (κ2) is 9.08. The number of likely N-dealkylation sites (N-methyl/N-ethyl adjacent to an activating group) is 2. The number of amides is 1. The zero-order valence-corrected chi connectivity index (χ0v) is 14.1. The molecule has 0 aliphatic rings. The minimum atomic E-state index is -0.384. The van der Waals surface area contributed by atoms with Gasteiger partial charge < -0.3 is 10.2 Å². The lowest BCUT2D eigenvalue weighted by atomic mass is 10.0. The van der Waals surface area contributed by atoms with E-state index in [2.05, 4.69) is 22.0 Å². The Labute approximate surface area is 123 Å². The Morgan fingerprint density at radius 3 is 2.05 bits per heavy atom. The van der Waals surface area contributed by atoms with E-state index in [9.17, 15) is 9.59 Å². The van der Waals surface area contributed by atoms with Crippen molar-refractivity contribution in [3.05, 3.63) is 0 Å². The number of rotatable bonds is 9. The summed E-state index contributed by atoms with van der Waals surface area (Å²) in [5.74, 6) is 0.0508. The molecule has 1 N–H and O–H groups in total. The topological polar surface area (TPSA) is 52.7 Å². The molecule has 0 aliphatic heterocycles. The van der Waals surface area contributed by atoms with Crippen LogP contribution in [0.15, 0.2) is 0 Å². The Hall–Kier alpha value is -0.940. The van der Waals surface area contributed by atoms with Crippen LogP contribution in [0.25, 0.3) is 0 Å². The minimum absolute atomic E-state index is 0.0118. The third-order valence-electron chi connectivity index (χ3n) is 3.43. The lowest BCUT2D eigenvalue weighted by molar-refractivity contribution is -0.128. The first-order chi connectivity index (χ1) is 9.18. The standard InChI is InChI=1S/C15H31N3O2/c1-8-18(12(4)9-17(6)7)10-14(20)16-15(11(2)3)13(5)19/h11-12,15H,8-10H2,1-7H3,(H,16,20). The van der Waals surface area contributed by atoms with Gasteiger partial charge in [0.25, 0.3) is 0 Å². The molecule has 5 nitrogen and oxygen atoms in total. The van der Waals surface area contributed by atoms with Gasteiger partial charge in [0.1, 0.15) is 0 Å². The van der Waals surface area contributed by atoms with E-state index in [4.69, 9.17) is 0 Å². The molecule has 2 atom stereocenters. The highest BCUT2D eigenvalue weighted by Crippen LogP contribution is 2.04. The van der Waals surface area contributed by atoms with E-state index in [1.165, 1.54) is 6.92 Å². The number of carbonyl (C=O) groups is 2. The quantitative estimate of drug-likeness (QED) is 0.686. The van der Waals surface area contributed by atoms with Gasteiger partial charge in [-0.05, 0) is 40.4 Å². The summed E-state index contributed by atoms with van der Waals surface area (Å²) in [6, 6.07) is -0.0825. The molecule has 0 aromatic carbocycles. The van der Waals surface area contributed by atoms with E-state index < -0.39 is 0 Å². The van der Waals surface area contributed by atoms with Gasteiger partial charge in [-0.15, -0.1) is 0 Å². The first-order valence-electron chi connectivity index (χ1n) is 7.37. The molecule has 0 aromatic heterocycles. The summed E-state index contributed by atoms with van der Waals surface area (Å²) in [4.78, 5) is 27.9. The van der Waals surface area contributed by atoms with Gasteiger partial charge >= 0.3 is 0 Å². The van der Waals surface area contributed by atoms with Crippen molar-refractivity contribution in [2.75, 3.05) is 33.7 Å². The Balaban J connectivity index is 4.51. The molecule has 2 unspecified atom stereocenters. The number of Topliss-reactive ketones (excluding diaryl/α,β-unsaturated/α-hetero) is 1. The minimum Gasteiger partial charge on any atom is -0.345 e. The average Bonchev–Trinajstić information content (AvgIpc) is 2.31. The smallest absolute Gasteiger partial charge is 0.234 e. The number of ketones is 1. The Kier molecular flexibility index (Phi) is 8.65. The van der Waals surface area contributed by atoms with Crippen LogP contribution < -0.4 is 5.32 Å². The highest BCUT2D eigenvalue weighted by Gasteiger charge is 2.22. The van der Waals surface area contributed by atoms with Crippen LogP contribution in [0.2, 0.25) is 0 Å². The van der Waals surface area contributed by atoms with Gasteiger partial charge in [0.15, 0.2) is 5.78 Å². The molecule has 0 bridgehead atoms. The molecule has 0 rings (SSSR count). The van der Waals surface area contributed by atoms with E-state index in [1.807, 2.05) is 34.9 Å². The predicted octanol–water partition coefficient (Wildman–Crippen LogP) is 0.988. The number of hydrogen-bond donors (Lipinski definition) is 1. The van der Waals surface area contributed by atoms with Crippen LogP contribution in [0, 0.1) is 5.92 Å². The average molecular weight is 285 g/mol.